The van der Waals surface area contributed by atoms with Crippen LogP contribution in [0, 0.1) is 5.82 Å². The van der Waals surface area contributed by atoms with E-state index >= 15 is 0 Å². The Morgan fingerprint density at radius 2 is 1.84 bits per heavy atom. The fourth-order valence-corrected chi connectivity index (χ4v) is 4.94. The molecule has 0 unspecified atom stereocenters. The van der Waals surface area contributed by atoms with Crippen LogP contribution < -0.4 is 4.72 Å². The Kier molecular flexibility index (Phi) is 6.38. The van der Waals surface area contributed by atoms with Gasteiger partial charge in [0.25, 0.3) is 15.9 Å². The molecule has 1 amide bonds. The maximum atomic E-state index is 13.9. The molecule has 0 fully saturated rings. The van der Waals surface area contributed by atoms with Crippen molar-refractivity contribution in [3.8, 4) is 0 Å². The van der Waals surface area contributed by atoms with Gasteiger partial charge >= 0.3 is 0 Å². The number of anilines is 1. The number of benzene rings is 2. The molecule has 1 N–H and O–H groups in total. The normalized spacial score (nSPS) is 11.3. The highest BCUT2D eigenvalue weighted by Crippen LogP contribution is 2.22. The molecular weight excluding hydrogens is 451 g/mol. The minimum absolute atomic E-state index is 0.138. The van der Waals surface area contributed by atoms with Gasteiger partial charge in [-0.2, -0.15) is 0 Å². The van der Waals surface area contributed by atoms with Crippen LogP contribution in [-0.2, 0) is 23.1 Å². The molecule has 0 saturated carbocycles. The number of carbonyl (C=O) groups is 1. The number of rotatable bonds is 8. The highest BCUT2D eigenvalue weighted by Gasteiger charge is 2.22. The van der Waals surface area contributed by atoms with Crippen LogP contribution >= 0.6 is 11.3 Å². The van der Waals surface area contributed by atoms with E-state index in [0.717, 1.165) is 10.9 Å². The summed E-state index contributed by atoms with van der Waals surface area (Å²) in [5.41, 5.74) is 0.0332. The van der Waals surface area contributed by atoms with Crippen LogP contribution in [0.5, 0.6) is 0 Å². The van der Waals surface area contributed by atoms with Gasteiger partial charge in [0.1, 0.15) is 11.6 Å². The molecule has 2 aromatic carbocycles. The second kappa shape index (κ2) is 9.37. The predicted octanol–water partition coefficient (Wildman–Crippen LogP) is 5.12. The van der Waals surface area contributed by atoms with Gasteiger partial charge in [-0.25, -0.2) is 12.8 Å². The van der Waals surface area contributed by atoms with Crippen LogP contribution in [0.25, 0.3) is 0 Å². The van der Waals surface area contributed by atoms with Gasteiger partial charge < -0.3 is 9.32 Å². The molecule has 0 bridgehead atoms. The number of amides is 1. The molecule has 164 valence electrons. The van der Waals surface area contributed by atoms with E-state index in [1.165, 1.54) is 54.0 Å². The summed E-state index contributed by atoms with van der Waals surface area (Å²) in [5, 5.41) is 1.92. The zero-order valence-electron chi connectivity index (χ0n) is 16.8. The van der Waals surface area contributed by atoms with Crippen molar-refractivity contribution in [3.05, 3.63) is 106 Å². The smallest absolute Gasteiger partial charge is 0.262 e. The molecule has 0 aliphatic heterocycles. The van der Waals surface area contributed by atoms with E-state index in [1.54, 1.807) is 23.1 Å². The number of nitrogens with one attached hydrogen (secondary N) is 1. The van der Waals surface area contributed by atoms with Crippen LogP contribution in [0.15, 0.2) is 93.8 Å². The van der Waals surface area contributed by atoms with Crippen LogP contribution in [-0.4, -0.2) is 19.2 Å². The summed E-state index contributed by atoms with van der Waals surface area (Å²) in [6, 6.07) is 18.5. The lowest BCUT2D eigenvalue weighted by Gasteiger charge is -2.21. The average Bonchev–Trinajstić information content (AvgIpc) is 3.49. The summed E-state index contributed by atoms with van der Waals surface area (Å²) in [5.74, 6) is -0.429. The molecule has 9 heteroatoms. The van der Waals surface area contributed by atoms with Crippen LogP contribution in [0.2, 0.25) is 0 Å². The Hall–Kier alpha value is -3.43. The van der Waals surface area contributed by atoms with Gasteiger partial charge in [0, 0.05) is 10.4 Å². The number of para-hydroxylation sites is 1. The predicted molar refractivity (Wildman–Crippen MR) is 120 cm³/mol. The molecule has 2 heterocycles. The second-order valence-electron chi connectivity index (χ2n) is 6.93. The lowest BCUT2D eigenvalue weighted by atomic mass is 10.2. The van der Waals surface area contributed by atoms with Gasteiger partial charge in [-0.15, -0.1) is 11.3 Å². The number of thiophene rings is 1. The number of hydrogen-bond donors (Lipinski definition) is 1. The first-order valence-electron chi connectivity index (χ1n) is 9.64. The van der Waals surface area contributed by atoms with Gasteiger partial charge in [-0.05, 0) is 53.9 Å². The lowest BCUT2D eigenvalue weighted by molar-refractivity contribution is 0.0719. The fraction of sp³-hybridized carbons (Fsp3) is 0.0870. The van der Waals surface area contributed by atoms with Crippen molar-refractivity contribution in [2.45, 2.75) is 18.0 Å². The second-order valence-corrected chi connectivity index (χ2v) is 9.65. The molecule has 0 aliphatic rings. The van der Waals surface area contributed by atoms with Gasteiger partial charge in [0.2, 0.25) is 0 Å². The maximum absolute atomic E-state index is 13.9. The first-order valence-corrected chi connectivity index (χ1v) is 12.0. The van der Waals surface area contributed by atoms with Crippen molar-refractivity contribution in [2.24, 2.45) is 0 Å². The Bertz CT molecular complexity index is 1270. The molecular formula is C23H19FN2O4S2. The summed E-state index contributed by atoms with van der Waals surface area (Å²) in [4.78, 5) is 15.7. The monoisotopic (exact) mass is 470 g/mol. The summed E-state index contributed by atoms with van der Waals surface area (Å²) in [6.07, 6.45) is 1.53. The largest absolute Gasteiger partial charge is 0.467 e. The van der Waals surface area contributed by atoms with E-state index in [2.05, 4.69) is 4.72 Å². The minimum atomic E-state index is -4.09. The first-order chi connectivity index (χ1) is 15.4. The highest BCUT2D eigenvalue weighted by atomic mass is 32.2. The number of nitrogens with zero attached hydrogens (tertiary/aromatic N) is 1. The summed E-state index contributed by atoms with van der Waals surface area (Å²) in [7, 11) is -4.09. The van der Waals surface area contributed by atoms with Crippen molar-refractivity contribution in [1.82, 2.24) is 4.90 Å². The third-order valence-corrected chi connectivity index (χ3v) is 6.87. The highest BCUT2D eigenvalue weighted by molar-refractivity contribution is 7.92. The first kappa shape index (κ1) is 21.8. The van der Waals surface area contributed by atoms with Gasteiger partial charge in [-0.1, -0.05) is 24.3 Å². The minimum Gasteiger partial charge on any atom is -0.467 e. The molecule has 4 rings (SSSR count). The van der Waals surface area contributed by atoms with E-state index in [-0.39, 0.29) is 28.6 Å². The number of carbonyl (C=O) groups excluding carboxylic acids is 1. The summed E-state index contributed by atoms with van der Waals surface area (Å²) >= 11 is 1.52. The van der Waals surface area contributed by atoms with Crippen molar-refractivity contribution < 1.29 is 22.0 Å². The molecule has 4 aromatic rings. The number of furan rings is 1. The van der Waals surface area contributed by atoms with Gasteiger partial charge in [0.15, 0.2) is 0 Å². The topological polar surface area (TPSA) is 79.6 Å². The van der Waals surface area contributed by atoms with Crippen molar-refractivity contribution in [1.29, 1.82) is 0 Å². The van der Waals surface area contributed by atoms with Crippen molar-refractivity contribution in [2.75, 3.05) is 4.72 Å². The van der Waals surface area contributed by atoms with E-state index in [9.17, 15) is 17.6 Å². The van der Waals surface area contributed by atoms with E-state index in [4.69, 9.17) is 4.42 Å². The standard InChI is InChI=1S/C23H19FN2O4S2/c24-21-10-1-2-11-22(21)25-32(28,29)20-9-3-6-17(14-20)23(27)26(15-18-7-4-12-30-18)16-19-8-5-13-31-19/h1-14,25H,15-16H2. The molecule has 0 aliphatic carbocycles. The Morgan fingerprint density at radius 3 is 2.56 bits per heavy atom. The fourth-order valence-electron chi connectivity index (χ4n) is 3.11. The molecule has 0 saturated heterocycles. The van der Waals surface area contributed by atoms with Gasteiger partial charge in [0.05, 0.1) is 29.9 Å². The molecule has 32 heavy (non-hydrogen) atoms. The van der Waals surface area contributed by atoms with E-state index < -0.39 is 15.8 Å². The van der Waals surface area contributed by atoms with Crippen molar-refractivity contribution >= 4 is 33.0 Å². The van der Waals surface area contributed by atoms with Crippen LogP contribution in [0.3, 0.4) is 0 Å². The van der Waals surface area contributed by atoms with Crippen molar-refractivity contribution in [3.63, 3.8) is 0 Å². The Morgan fingerprint density at radius 1 is 1.00 bits per heavy atom. The average molecular weight is 471 g/mol. The summed E-state index contributed by atoms with van der Waals surface area (Å²) in [6.45, 7) is 0.579. The summed E-state index contributed by atoms with van der Waals surface area (Å²) < 4.78 is 47.1. The maximum Gasteiger partial charge on any atom is 0.262 e. The number of hydrogen-bond acceptors (Lipinski definition) is 5. The lowest BCUT2D eigenvalue weighted by Crippen LogP contribution is -2.30. The van der Waals surface area contributed by atoms with E-state index in [1.807, 2.05) is 17.5 Å². The third-order valence-electron chi connectivity index (χ3n) is 4.65. The Labute approximate surface area is 189 Å². The molecule has 0 atom stereocenters. The third kappa shape index (κ3) is 5.06. The van der Waals surface area contributed by atoms with Crippen LogP contribution in [0.4, 0.5) is 10.1 Å². The van der Waals surface area contributed by atoms with Crippen LogP contribution in [0.1, 0.15) is 21.0 Å². The zero-order chi connectivity index (χ0) is 22.6. The Balaban J connectivity index is 1.61. The molecule has 2 aromatic heterocycles. The number of halogens is 1. The number of sulfonamides is 1. The molecule has 0 radical (unpaired) electrons. The van der Waals surface area contributed by atoms with Gasteiger partial charge in [-0.3, -0.25) is 9.52 Å². The SMILES string of the molecule is O=C(c1cccc(S(=O)(=O)Nc2ccccc2F)c1)N(Cc1ccco1)Cc1cccs1. The van der Waals surface area contributed by atoms with E-state index in [0.29, 0.717) is 12.3 Å². The molecule has 0 spiro atoms. The quantitative estimate of drug-likeness (QED) is 0.387. The molecule has 6 nitrogen and oxygen atoms in total. The zero-order valence-corrected chi connectivity index (χ0v) is 18.4.